The molecule has 0 fully saturated rings. The van der Waals surface area contributed by atoms with Gasteiger partial charge >= 0.3 is 0 Å². The largest absolute Gasteiger partial charge is 0.391 e. The van der Waals surface area contributed by atoms with Crippen molar-refractivity contribution < 1.29 is 13.9 Å². The van der Waals surface area contributed by atoms with Gasteiger partial charge < -0.3 is 5.11 Å². The number of hydrogen-bond donors (Lipinski definition) is 1. The maximum atomic E-state index is 14.3. The van der Waals surface area contributed by atoms with Crippen LogP contribution in [0.15, 0.2) is 48.9 Å². The molecular weight excluding hydrogens is 450 g/mol. The van der Waals surface area contributed by atoms with Gasteiger partial charge in [-0.15, -0.1) is 0 Å². The summed E-state index contributed by atoms with van der Waals surface area (Å²) in [5, 5.41) is 22.9. The molecule has 7 nitrogen and oxygen atoms in total. The van der Waals surface area contributed by atoms with Crippen molar-refractivity contribution in [1.82, 2.24) is 29.9 Å². The number of hydrogen-bond acceptors (Lipinski definition) is 6. The Bertz CT molecular complexity index is 1300. The lowest BCUT2D eigenvalue weighted by molar-refractivity contribution is 0.145. The third-order valence-electron chi connectivity index (χ3n) is 5.97. The van der Waals surface area contributed by atoms with Gasteiger partial charge in [-0.1, -0.05) is 33.8 Å². The zero-order valence-electron chi connectivity index (χ0n) is 20.2. The van der Waals surface area contributed by atoms with Crippen molar-refractivity contribution in [1.29, 1.82) is 0 Å². The standard InChI is InChI=1S/C26H28F2N6O/c1-5-17(35)14-34-10-9-21(33-34)24-13-29-12-23(30-24)16(4)26-18(15(2)3)11-22(31-32-26)25-19(27)7-6-8-20(25)28/h6-13,15-17,35H,5,14H2,1-4H3/t16?,17-/m0/s1. The molecule has 0 amide bonds. The lowest BCUT2D eigenvalue weighted by Crippen LogP contribution is -2.15. The van der Waals surface area contributed by atoms with Crippen LogP contribution >= 0.6 is 0 Å². The van der Waals surface area contributed by atoms with Gasteiger partial charge in [-0.25, -0.2) is 13.8 Å². The van der Waals surface area contributed by atoms with Crippen LogP contribution in [0.25, 0.3) is 22.6 Å². The van der Waals surface area contributed by atoms with Gasteiger partial charge in [0.25, 0.3) is 0 Å². The number of halogens is 2. The van der Waals surface area contributed by atoms with E-state index in [2.05, 4.69) is 20.3 Å². The first-order valence-corrected chi connectivity index (χ1v) is 11.6. The molecule has 1 unspecified atom stereocenters. The number of aromatic nitrogens is 6. The summed E-state index contributed by atoms with van der Waals surface area (Å²) in [6.07, 6.45) is 5.29. The number of aliphatic hydroxyl groups is 1. The Labute approximate surface area is 202 Å². The summed E-state index contributed by atoms with van der Waals surface area (Å²) in [6, 6.07) is 7.26. The fraction of sp³-hybridized carbons (Fsp3) is 0.346. The fourth-order valence-corrected chi connectivity index (χ4v) is 3.88. The molecule has 4 aromatic rings. The van der Waals surface area contributed by atoms with E-state index in [1.807, 2.05) is 33.8 Å². The third kappa shape index (κ3) is 5.24. The second kappa shape index (κ2) is 10.4. The average molecular weight is 479 g/mol. The lowest BCUT2D eigenvalue weighted by atomic mass is 9.92. The van der Waals surface area contributed by atoms with E-state index in [1.54, 1.807) is 29.3 Å². The Morgan fingerprint density at radius 2 is 1.71 bits per heavy atom. The molecule has 0 spiro atoms. The van der Waals surface area contributed by atoms with Gasteiger partial charge in [0.1, 0.15) is 23.0 Å². The predicted octanol–water partition coefficient (Wildman–Crippen LogP) is 5.12. The Morgan fingerprint density at radius 3 is 2.40 bits per heavy atom. The highest BCUT2D eigenvalue weighted by Crippen LogP contribution is 2.32. The van der Waals surface area contributed by atoms with Crippen LogP contribution in [-0.4, -0.2) is 41.2 Å². The van der Waals surface area contributed by atoms with Crippen LogP contribution in [-0.2, 0) is 6.54 Å². The normalized spacial score (nSPS) is 13.3. The molecule has 35 heavy (non-hydrogen) atoms. The molecule has 0 aliphatic rings. The van der Waals surface area contributed by atoms with Crippen molar-refractivity contribution in [2.24, 2.45) is 0 Å². The monoisotopic (exact) mass is 478 g/mol. The maximum Gasteiger partial charge on any atom is 0.135 e. The SMILES string of the molecule is CC[C@H](O)Cn1ccc(-c2cncc(C(C)c3nnc(-c4c(F)cccc4F)cc3C(C)C)n2)n1. The molecule has 9 heteroatoms. The van der Waals surface area contributed by atoms with E-state index in [4.69, 9.17) is 4.98 Å². The first-order valence-electron chi connectivity index (χ1n) is 11.6. The number of nitrogens with zero attached hydrogens (tertiary/aromatic N) is 6. The Hall–Kier alpha value is -3.59. The summed E-state index contributed by atoms with van der Waals surface area (Å²) in [5.74, 6) is -1.59. The first kappa shape index (κ1) is 24.5. The van der Waals surface area contributed by atoms with Gasteiger partial charge in [-0.3, -0.25) is 9.67 Å². The van der Waals surface area contributed by atoms with Gasteiger partial charge in [0, 0.05) is 18.3 Å². The number of rotatable bonds is 8. The third-order valence-corrected chi connectivity index (χ3v) is 5.97. The summed E-state index contributed by atoms with van der Waals surface area (Å²) in [5.41, 5.74) is 3.38. The van der Waals surface area contributed by atoms with E-state index in [1.165, 1.54) is 18.2 Å². The van der Waals surface area contributed by atoms with Gasteiger partial charge in [-0.05, 0) is 42.2 Å². The number of aliphatic hydroxyl groups excluding tert-OH is 1. The summed E-state index contributed by atoms with van der Waals surface area (Å²) in [7, 11) is 0. The molecule has 3 aromatic heterocycles. The quantitative estimate of drug-likeness (QED) is 0.378. The molecule has 3 heterocycles. The van der Waals surface area contributed by atoms with E-state index in [0.29, 0.717) is 35.7 Å². The maximum absolute atomic E-state index is 14.3. The molecule has 0 saturated carbocycles. The van der Waals surface area contributed by atoms with Crippen LogP contribution in [0.2, 0.25) is 0 Å². The van der Waals surface area contributed by atoms with E-state index in [9.17, 15) is 13.9 Å². The molecule has 1 N–H and O–H groups in total. The molecule has 0 aliphatic carbocycles. The second-order valence-electron chi connectivity index (χ2n) is 8.86. The van der Waals surface area contributed by atoms with Gasteiger partial charge in [0.15, 0.2) is 0 Å². The zero-order valence-corrected chi connectivity index (χ0v) is 20.2. The van der Waals surface area contributed by atoms with E-state index < -0.39 is 17.7 Å². The minimum atomic E-state index is -0.681. The van der Waals surface area contributed by atoms with Crippen molar-refractivity contribution in [3.05, 3.63) is 77.5 Å². The van der Waals surface area contributed by atoms with E-state index in [0.717, 1.165) is 5.56 Å². The summed E-state index contributed by atoms with van der Waals surface area (Å²) >= 11 is 0. The summed E-state index contributed by atoms with van der Waals surface area (Å²) in [6.45, 7) is 8.26. The highest BCUT2D eigenvalue weighted by molar-refractivity contribution is 5.61. The smallest absolute Gasteiger partial charge is 0.135 e. The van der Waals surface area contributed by atoms with Gasteiger partial charge in [0.2, 0.25) is 0 Å². The van der Waals surface area contributed by atoms with E-state index in [-0.39, 0.29) is 23.1 Å². The van der Waals surface area contributed by atoms with Crippen LogP contribution < -0.4 is 0 Å². The highest BCUT2D eigenvalue weighted by atomic mass is 19.1. The molecule has 0 saturated heterocycles. The van der Waals surface area contributed by atoms with Crippen LogP contribution in [0.1, 0.15) is 62.9 Å². The Kier molecular flexibility index (Phi) is 7.25. The van der Waals surface area contributed by atoms with E-state index >= 15 is 0 Å². The van der Waals surface area contributed by atoms with Crippen molar-refractivity contribution in [3.8, 4) is 22.6 Å². The predicted molar refractivity (Wildman–Crippen MR) is 129 cm³/mol. The summed E-state index contributed by atoms with van der Waals surface area (Å²) < 4.78 is 30.4. The first-order chi connectivity index (χ1) is 16.8. The number of benzene rings is 1. The molecular formula is C26H28F2N6O. The zero-order chi connectivity index (χ0) is 25.1. The lowest BCUT2D eigenvalue weighted by Gasteiger charge is -2.18. The topological polar surface area (TPSA) is 89.6 Å². The molecule has 0 bridgehead atoms. The van der Waals surface area contributed by atoms with Crippen molar-refractivity contribution in [2.45, 2.75) is 58.6 Å². The van der Waals surface area contributed by atoms with Crippen LogP contribution in [0.5, 0.6) is 0 Å². The van der Waals surface area contributed by atoms with Crippen molar-refractivity contribution in [3.63, 3.8) is 0 Å². The van der Waals surface area contributed by atoms with Crippen LogP contribution in [0, 0.1) is 11.6 Å². The van der Waals surface area contributed by atoms with Crippen molar-refractivity contribution in [2.75, 3.05) is 0 Å². The van der Waals surface area contributed by atoms with Crippen molar-refractivity contribution >= 4 is 0 Å². The van der Waals surface area contributed by atoms with Crippen LogP contribution in [0.3, 0.4) is 0 Å². The minimum absolute atomic E-state index is 0.0355. The Morgan fingerprint density at radius 1 is 0.971 bits per heavy atom. The fourth-order valence-electron chi connectivity index (χ4n) is 3.88. The average Bonchev–Trinajstić information content (AvgIpc) is 3.32. The molecule has 2 atom stereocenters. The second-order valence-corrected chi connectivity index (χ2v) is 8.86. The van der Waals surface area contributed by atoms with Crippen LogP contribution in [0.4, 0.5) is 8.78 Å². The molecule has 0 radical (unpaired) electrons. The minimum Gasteiger partial charge on any atom is -0.391 e. The Balaban J connectivity index is 1.67. The highest BCUT2D eigenvalue weighted by Gasteiger charge is 2.22. The molecule has 1 aromatic carbocycles. The molecule has 182 valence electrons. The summed E-state index contributed by atoms with van der Waals surface area (Å²) in [4.78, 5) is 9.10. The van der Waals surface area contributed by atoms with Gasteiger partial charge in [0.05, 0.1) is 41.5 Å². The molecule has 0 aliphatic heterocycles. The van der Waals surface area contributed by atoms with Gasteiger partial charge in [-0.2, -0.15) is 15.3 Å². The molecule has 4 rings (SSSR count).